The maximum Gasteiger partial charge on any atom is 0.329 e. The number of anilines is 1. The van der Waals surface area contributed by atoms with Crippen molar-refractivity contribution in [1.29, 1.82) is 0 Å². The highest BCUT2D eigenvalue weighted by Gasteiger charge is 2.46. The van der Waals surface area contributed by atoms with Crippen LogP contribution in [-0.4, -0.2) is 34.0 Å². The van der Waals surface area contributed by atoms with Crippen molar-refractivity contribution in [3.05, 3.63) is 27.7 Å². The van der Waals surface area contributed by atoms with E-state index in [1.807, 2.05) is 0 Å². The van der Waals surface area contributed by atoms with Crippen LogP contribution in [0.4, 0.5) is 5.69 Å². The van der Waals surface area contributed by atoms with Gasteiger partial charge in [0.1, 0.15) is 5.54 Å². The van der Waals surface area contributed by atoms with Gasteiger partial charge in [-0.1, -0.05) is 23.2 Å². The summed E-state index contributed by atoms with van der Waals surface area (Å²) in [6.45, 7) is 1.93. The van der Waals surface area contributed by atoms with E-state index in [4.69, 9.17) is 28.9 Å². The molecule has 2 rings (SSSR count). The molecule has 108 valence electrons. The maximum atomic E-state index is 12.5. The fourth-order valence-corrected chi connectivity index (χ4v) is 2.86. The number of nitrogens with two attached hydrogens (primary N) is 1. The Labute approximate surface area is 126 Å². The number of halogens is 2. The summed E-state index contributed by atoms with van der Waals surface area (Å²) in [5.41, 5.74) is 4.87. The van der Waals surface area contributed by atoms with E-state index in [0.29, 0.717) is 19.4 Å². The van der Waals surface area contributed by atoms with Crippen LogP contribution in [0, 0.1) is 0 Å². The molecule has 1 fully saturated rings. The van der Waals surface area contributed by atoms with Gasteiger partial charge >= 0.3 is 5.97 Å². The molecule has 0 bridgehead atoms. The van der Waals surface area contributed by atoms with Crippen LogP contribution < -0.4 is 5.73 Å². The number of benzene rings is 1. The fraction of sp³-hybridized carbons (Fsp3) is 0.385. The number of hydrogen-bond donors (Lipinski definition) is 2. The molecule has 0 aliphatic carbocycles. The van der Waals surface area contributed by atoms with Crippen LogP contribution in [0.2, 0.25) is 10.0 Å². The number of hydrogen-bond acceptors (Lipinski definition) is 3. The predicted octanol–water partition coefficient (Wildman–Crippen LogP) is 2.65. The lowest BCUT2D eigenvalue weighted by molar-refractivity contribution is -0.147. The Morgan fingerprint density at radius 3 is 2.40 bits per heavy atom. The van der Waals surface area contributed by atoms with E-state index in [0.717, 1.165) is 0 Å². The molecule has 0 radical (unpaired) electrons. The third-order valence-electron chi connectivity index (χ3n) is 3.67. The number of nitrogens with zero attached hydrogens (tertiary/aromatic N) is 1. The highest BCUT2D eigenvalue weighted by atomic mass is 35.5. The smallest absolute Gasteiger partial charge is 0.329 e. The lowest BCUT2D eigenvalue weighted by atomic mass is 9.98. The summed E-state index contributed by atoms with van der Waals surface area (Å²) < 4.78 is 0. The third-order valence-corrected chi connectivity index (χ3v) is 4.30. The SMILES string of the molecule is CC1(C(=O)O)CCCN1C(=O)c1cc(Cl)c(N)c(Cl)c1. The molecule has 1 aliphatic heterocycles. The Bertz CT molecular complexity index is 568. The number of nitrogen functional groups attached to an aromatic ring is 1. The molecule has 1 aromatic rings. The number of amides is 1. The van der Waals surface area contributed by atoms with E-state index in [1.54, 1.807) is 6.92 Å². The van der Waals surface area contributed by atoms with Gasteiger partial charge in [0.15, 0.2) is 0 Å². The zero-order chi connectivity index (χ0) is 15.1. The number of likely N-dealkylation sites (tertiary alicyclic amines) is 1. The molecule has 7 heteroatoms. The van der Waals surface area contributed by atoms with Crippen molar-refractivity contribution in [1.82, 2.24) is 4.90 Å². The van der Waals surface area contributed by atoms with E-state index < -0.39 is 17.4 Å². The predicted molar refractivity (Wildman–Crippen MR) is 77.2 cm³/mol. The van der Waals surface area contributed by atoms with Gasteiger partial charge in [0.05, 0.1) is 15.7 Å². The first kappa shape index (κ1) is 14.9. The normalized spacial score (nSPS) is 22.1. The molecule has 1 aromatic carbocycles. The number of carboxylic acids is 1. The van der Waals surface area contributed by atoms with Crippen molar-refractivity contribution in [3.8, 4) is 0 Å². The Morgan fingerprint density at radius 1 is 1.35 bits per heavy atom. The van der Waals surface area contributed by atoms with Crippen molar-refractivity contribution in [2.45, 2.75) is 25.3 Å². The molecule has 5 nitrogen and oxygen atoms in total. The zero-order valence-electron chi connectivity index (χ0n) is 10.8. The molecule has 1 unspecified atom stereocenters. The highest BCUT2D eigenvalue weighted by Crippen LogP contribution is 2.33. The zero-order valence-corrected chi connectivity index (χ0v) is 12.3. The third kappa shape index (κ3) is 2.31. The van der Waals surface area contributed by atoms with Gasteiger partial charge in [0, 0.05) is 12.1 Å². The van der Waals surface area contributed by atoms with Crippen LogP contribution in [-0.2, 0) is 4.79 Å². The first-order valence-corrected chi connectivity index (χ1v) is 6.83. The minimum absolute atomic E-state index is 0.178. The Kier molecular flexibility index (Phi) is 3.84. The van der Waals surface area contributed by atoms with Gasteiger partial charge in [-0.05, 0) is 31.9 Å². The first-order valence-electron chi connectivity index (χ1n) is 6.07. The van der Waals surface area contributed by atoms with Gasteiger partial charge in [-0.15, -0.1) is 0 Å². The molecule has 0 spiro atoms. The van der Waals surface area contributed by atoms with Crippen molar-refractivity contribution in [2.24, 2.45) is 0 Å². The van der Waals surface area contributed by atoms with E-state index in [2.05, 4.69) is 0 Å². The monoisotopic (exact) mass is 316 g/mol. The molecule has 1 aliphatic rings. The quantitative estimate of drug-likeness (QED) is 0.821. The number of carbonyl (C=O) groups is 2. The van der Waals surface area contributed by atoms with Crippen LogP contribution in [0.5, 0.6) is 0 Å². The van der Waals surface area contributed by atoms with Crippen molar-refractivity contribution in [2.75, 3.05) is 12.3 Å². The second-order valence-electron chi connectivity index (χ2n) is 4.99. The average Bonchev–Trinajstić information content (AvgIpc) is 2.78. The van der Waals surface area contributed by atoms with Crippen LogP contribution in [0.25, 0.3) is 0 Å². The molecule has 1 saturated heterocycles. The Morgan fingerprint density at radius 2 is 1.90 bits per heavy atom. The number of carboxylic acid groups (broad SMARTS) is 1. The Hall–Kier alpha value is -1.46. The van der Waals surface area contributed by atoms with E-state index in [-0.39, 0.29) is 21.3 Å². The summed E-state index contributed by atoms with van der Waals surface area (Å²) in [6.07, 6.45) is 1.06. The maximum absolute atomic E-state index is 12.5. The second-order valence-corrected chi connectivity index (χ2v) is 5.81. The van der Waals surface area contributed by atoms with Crippen LogP contribution in [0.3, 0.4) is 0 Å². The van der Waals surface area contributed by atoms with Crippen LogP contribution in [0.15, 0.2) is 12.1 Å². The van der Waals surface area contributed by atoms with Crippen LogP contribution in [0.1, 0.15) is 30.1 Å². The van der Waals surface area contributed by atoms with Gasteiger partial charge in [0.25, 0.3) is 5.91 Å². The number of rotatable bonds is 2. The molecular formula is C13H14Cl2N2O3. The van der Waals surface area contributed by atoms with Crippen molar-refractivity contribution >= 4 is 40.8 Å². The fourth-order valence-electron chi connectivity index (χ4n) is 2.37. The van der Waals surface area contributed by atoms with Gasteiger partial charge in [-0.2, -0.15) is 0 Å². The number of aliphatic carboxylic acids is 1. The second kappa shape index (κ2) is 5.14. The molecule has 1 atom stereocenters. The number of carbonyl (C=O) groups excluding carboxylic acids is 1. The van der Waals surface area contributed by atoms with Gasteiger partial charge in [-0.25, -0.2) is 4.79 Å². The lowest BCUT2D eigenvalue weighted by Gasteiger charge is -2.31. The lowest BCUT2D eigenvalue weighted by Crippen LogP contribution is -2.50. The molecule has 0 saturated carbocycles. The van der Waals surface area contributed by atoms with Crippen molar-refractivity contribution < 1.29 is 14.7 Å². The largest absolute Gasteiger partial charge is 0.480 e. The standard InChI is InChI=1S/C13H14Cl2N2O3/c1-13(12(19)20)3-2-4-17(13)11(18)7-5-8(14)10(16)9(15)6-7/h5-6H,2-4,16H2,1H3,(H,19,20). The molecule has 20 heavy (non-hydrogen) atoms. The summed E-state index contributed by atoms with van der Waals surface area (Å²) in [5, 5.41) is 9.68. The molecule has 0 aromatic heterocycles. The van der Waals surface area contributed by atoms with Crippen molar-refractivity contribution in [3.63, 3.8) is 0 Å². The highest BCUT2D eigenvalue weighted by molar-refractivity contribution is 6.39. The molecule has 1 heterocycles. The minimum atomic E-state index is -1.20. The van der Waals surface area contributed by atoms with Gasteiger partial charge < -0.3 is 15.7 Å². The molecule has 3 N–H and O–H groups in total. The summed E-state index contributed by atoms with van der Waals surface area (Å²) in [7, 11) is 0. The minimum Gasteiger partial charge on any atom is -0.480 e. The average molecular weight is 317 g/mol. The summed E-state index contributed by atoms with van der Waals surface area (Å²) in [5.74, 6) is -1.42. The summed E-state index contributed by atoms with van der Waals surface area (Å²) in [4.78, 5) is 25.2. The summed E-state index contributed by atoms with van der Waals surface area (Å²) in [6, 6.07) is 2.82. The first-order chi connectivity index (χ1) is 9.27. The van der Waals surface area contributed by atoms with E-state index >= 15 is 0 Å². The molecular weight excluding hydrogens is 303 g/mol. The topological polar surface area (TPSA) is 83.6 Å². The van der Waals surface area contributed by atoms with Gasteiger partial charge in [0.2, 0.25) is 0 Å². The molecule has 1 amide bonds. The Balaban J connectivity index is 2.39. The van der Waals surface area contributed by atoms with E-state index in [9.17, 15) is 14.7 Å². The van der Waals surface area contributed by atoms with E-state index in [1.165, 1.54) is 17.0 Å². The van der Waals surface area contributed by atoms with Gasteiger partial charge in [-0.3, -0.25) is 4.79 Å². The summed E-state index contributed by atoms with van der Waals surface area (Å²) >= 11 is 11.8. The van der Waals surface area contributed by atoms with Crippen LogP contribution >= 0.6 is 23.2 Å².